The van der Waals surface area contributed by atoms with Crippen molar-refractivity contribution >= 4 is 22.6 Å². The molecule has 0 bridgehead atoms. The molecule has 0 saturated heterocycles. The highest BCUT2D eigenvalue weighted by atomic mass is 32.2. The molecule has 1 saturated carbocycles. The first-order valence-corrected chi connectivity index (χ1v) is 8.82. The number of hydrogen-bond donors (Lipinski definition) is 1. The molecule has 1 aliphatic carbocycles. The second kappa shape index (κ2) is 6.21. The van der Waals surface area contributed by atoms with Crippen LogP contribution in [0.4, 0.5) is 5.69 Å². The lowest BCUT2D eigenvalue weighted by Crippen LogP contribution is -2.35. The molecule has 3 rings (SSSR count). The molecule has 0 unspecified atom stereocenters. The van der Waals surface area contributed by atoms with E-state index in [1.165, 1.54) is 49.1 Å². The minimum Gasteiger partial charge on any atom is -0.335 e. The van der Waals surface area contributed by atoms with Crippen LogP contribution in [0.15, 0.2) is 29.3 Å². The third-order valence-electron chi connectivity index (χ3n) is 4.63. The molecule has 1 fully saturated rings. The summed E-state index contributed by atoms with van der Waals surface area (Å²) in [5.74, 6) is 1.24. The van der Waals surface area contributed by atoms with Crippen LogP contribution in [0.3, 0.4) is 0 Å². The molecule has 1 spiro atoms. The van der Waals surface area contributed by atoms with Crippen LogP contribution in [0.25, 0.3) is 0 Å². The first-order chi connectivity index (χ1) is 9.81. The molecule has 108 valence electrons. The van der Waals surface area contributed by atoms with Gasteiger partial charge in [-0.3, -0.25) is 4.99 Å². The molecule has 2 aliphatic rings. The number of anilines is 1. The van der Waals surface area contributed by atoms with Crippen molar-refractivity contribution in [1.82, 2.24) is 0 Å². The fourth-order valence-corrected chi connectivity index (χ4v) is 4.46. The summed E-state index contributed by atoms with van der Waals surface area (Å²) in [6.07, 6.45) is 8.04. The largest absolute Gasteiger partial charge is 0.335 e. The Morgan fingerprint density at radius 2 is 2.00 bits per heavy atom. The summed E-state index contributed by atoms with van der Waals surface area (Å²) in [4.78, 5) is 4.85. The number of aryl methyl sites for hydroxylation is 1. The fourth-order valence-electron chi connectivity index (χ4n) is 3.30. The highest BCUT2D eigenvalue weighted by molar-refractivity contribution is 8.14. The Morgan fingerprint density at radius 1 is 1.20 bits per heavy atom. The van der Waals surface area contributed by atoms with E-state index in [0.29, 0.717) is 5.41 Å². The number of rotatable bonds is 2. The number of nitrogens with zero attached hydrogens (tertiary/aromatic N) is 1. The summed E-state index contributed by atoms with van der Waals surface area (Å²) in [7, 11) is 0. The quantitative estimate of drug-likeness (QED) is 0.852. The van der Waals surface area contributed by atoms with Gasteiger partial charge in [0.1, 0.15) is 0 Å². The van der Waals surface area contributed by atoms with E-state index in [-0.39, 0.29) is 0 Å². The molecule has 1 aliphatic heterocycles. The van der Waals surface area contributed by atoms with E-state index in [0.717, 1.165) is 18.1 Å². The van der Waals surface area contributed by atoms with Gasteiger partial charge in [0, 0.05) is 18.0 Å². The van der Waals surface area contributed by atoms with E-state index in [9.17, 15) is 0 Å². The van der Waals surface area contributed by atoms with Crippen LogP contribution in [-0.2, 0) is 6.42 Å². The highest BCUT2D eigenvalue weighted by Gasteiger charge is 2.34. The zero-order chi connectivity index (χ0) is 13.8. The van der Waals surface area contributed by atoms with Crippen molar-refractivity contribution < 1.29 is 0 Å². The lowest BCUT2D eigenvalue weighted by molar-refractivity contribution is 0.232. The van der Waals surface area contributed by atoms with Crippen molar-refractivity contribution in [3.05, 3.63) is 29.8 Å². The van der Waals surface area contributed by atoms with Crippen molar-refractivity contribution in [2.24, 2.45) is 10.4 Å². The summed E-state index contributed by atoms with van der Waals surface area (Å²) < 4.78 is 0. The third-order valence-corrected chi connectivity index (χ3v) is 5.89. The van der Waals surface area contributed by atoms with Gasteiger partial charge in [-0.05, 0) is 36.3 Å². The van der Waals surface area contributed by atoms with Gasteiger partial charge in [-0.25, -0.2) is 0 Å². The van der Waals surface area contributed by atoms with Crippen LogP contribution >= 0.6 is 11.8 Å². The average Bonchev–Trinajstić information content (AvgIpc) is 2.51. The first kappa shape index (κ1) is 14.0. The van der Waals surface area contributed by atoms with Crippen molar-refractivity contribution in [1.29, 1.82) is 0 Å². The van der Waals surface area contributed by atoms with Gasteiger partial charge < -0.3 is 5.32 Å². The molecule has 2 nitrogen and oxygen atoms in total. The number of benzene rings is 1. The zero-order valence-electron chi connectivity index (χ0n) is 12.3. The summed E-state index contributed by atoms with van der Waals surface area (Å²) in [6.45, 7) is 3.23. The van der Waals surface area contributed by atoms with Crippen LogP contribution in [0.5, 0.6) is 0 Å². The van der Waals surface area contributed by atoms with Crippen LogP contribution in [0, 0.1) is 5.41 Å². The van der Waals surface area contributed by atoms with E-state index in [4.69, 9.17) is 4.99 Å². The van der Waals surface area contributed by atoms with Gasteiger partial charge in [-0.15, -0.1) is 0 Å². The van der Waals surface area contributed by atoms with Crippen molar-refractivity contribution in [3.63, 3.8) is 0 Å². The molecule has 1 N–H and O–H groups in total. The van der Waals surface area contributed by atoms with Crippen molar-refractivity contribution in [3.8, 4) is 0 Å². The van der Waals surface area contributed by atoms with Crippen LogP contribution < -0.4 is 5.32 Å². The number of hydrogen-bond acceptors (Lipinski definition) is 3. The monoisotopic (exact) mass is 288 g/mol. The Bertz CT molecular complexity index is 490. The molecule has 0 atom stereocenters. The second-order valence-electron chi connectivity index (χ2n) is 6.11. The maximum Gasteiger partial charge on any atom is 0.161 e. The van der Waals surface area contributed by atoms with Gasteiger partial charge in [-0.1, -0.05) is 56.1 Å². The highest BCUT2D eigenvalue weighted by Crippen LogP contribution is 2.42. The molecule has 3 heteroatoms. The minimum absolute atomic E-state index is 0.512. The first-order valence-electron chi connectivity index (χ1n) is 7.83. The van der Waals surface area contributed by atoms with E-state index < -0.39 is 0 Å². The molecule has 1 aromatic rings. The number of aliphatic imine (C=N–C) groups is 1. The van der Waals surface area contributed by atoms with Gasteiger partial charge in [0.15, 0.2) is 5.17 Å². The van der Waals surface area contributed by atoms with Gasteiger partial charge in [0.2, 0.25) is 0 Å². The standard InChI is InChI=1S/C17H24N2S/c1-2-14-8-4-5-9-15(14)19-16-18-12-17(13-20-16)10-6-3-7-11-17/h4-5,8-9H,2-3,6-7,10-13H2,1H3,(H,18,19). The van der Waals surface area contributed by atoms with Crippen LogP contribution in [-0.4, -0.2) is 17.5 Å². The smallest absolute Gasteiger partial charge is 0.161 e. The molecule has 0 amide bonds. The third kappa shape index (κ3) is 3.03. The van der Waals surface area contributed by atoms with E-state index in [2.05, 4.69) is 36.5 Å². The molecule has 1 aromatic carbocycles. The summed E-state index contributed by atoms with van der Waals surface area (Å²) in [5.41, 5.74) is 3.10. The summed E-state index contributed by atoms with van der Waals surface area (Å²) in [5, 5.41) is 4.65. The normalized spacial score (nSPS) is 21.6. The lowest BCUT2D eigenvalue weighted by Gasteiger charge is -2.38. The SMILES string of the molecule is CCc1ccccc1NC1=NCC2(CCCCC2)CS1. The molecule has 0 radical (unpaired) electrons. The minimum atomic E-state index is 0.512. The summed E-state index contributed by atoms with van der Waals surface area (Å²) >= 11 is 1.92. The molecular formula is C17H24N2S. The van der Waals surface area contributed by atoms with Gasteiger partial charge in [-0.2, -0.15) is 0 Å². The Morgan fingerprint density at radius 3 is 2.70 bits per heavy atom. The predicted molar refractivity (Wildman–Crippen MR) is 89.7 cm³/mol. The Hall–Kier alpha value is -0.960. The van der Waals surface area contributed by atoms with E-state index in [1.54, 1.807) is 0 Å². The number of nitrogens with one attached hydrogen (secondary N) is 1. The van der Waals surface area contributed by atoms with E-state index in [1.807, 2.05) is 11.8 Å². The fraction of sp³-hybridized carbons (Fsp3) is 0.588. The topological polar surface area (TPSA) is 24.4 Å². The zero-order valence-corrected chi connectivity index (χ0v) is 13.1. The van der Waals surface area contributed by atoms with Crippen LogP contribution in [0.1, 0.15) is 44.6 Å². The van der Waals surface area contributed by atoms with Crippen LogP contribution in [0.2, 0.25) is 0 Å². The maximum absolute atomic E-state index is 4.85. The van der Waals surface area contributed by atoms with Gasteiger partial charge in [0.25, 0.3) is 0 Å². The molecule has 20 heavy (non-hydrogen) atoms. The van der Waals surface area contributed by atoms with Crippen molar-refractivity contribution in [2.45, 2.75) is 45.4 Å². The Balaban J connectivity index is 1.67. The van der Waals surface area contributed by atoms with Gasteiger partial charge >= 0.3 is 0 Å². The number of para-hydroxylation sites is 1. The molecular weight excluding hydrogens is 264 g/mol. The van der Waals surface area contributed by atoms with E-state index >= 15 is 0 Å². The second-order valence-corrected chi connectivity index (χ2v) is 7.07. The summed E-state index contributed by atoms with van der Waals surface area (Å²) in [6, 6.07) is 8.56. The Kier molecular flexibility index (Phi) is 4.35. The maximum atomic E-state index is 4.85. The van der Waals surface area contributed by atoms with Gasteiger partial charge in [0.05, 0.1) is 0 Å². The number of thioether (sulfide) groups is 1. The molecule has 1 heterocycles. The average molecular weight is 288 g/mol. The Labute approximate surface area is 126 Å². The molecule has 0 aromatic heterocycles. The lowest BCUT2D eigenvalue weighted by atomic mass is 9.75. The predicted octanol–water partition coefficient (Wildman–Crippen LogP) is 4.71. The number of amidine groups is 1. The van der Waals surface area contributed by atoms with Crippen molar-refractivity contribution in [2.75, 3.05) is 17.6 Å².